The average molecular weight is 620 g/mol. The molecule has 0 bridgehead atoms. The van der Waals surface area contributed by atoms with E-state index in [0.717, 1.165) is 41.0 Å². The number of rotatable bonds is 9. The van der Waals surface area contributed by atoms with Gasteiger partial charge in [-0.15, -0.1) is 0 Å². The fourth-order valence-electron chi connectivity index (χ4n) is 6.01. The van der Waals surface area contributed by atoms with Crippen molar-refractivity contribution in [2.75, 3.05) is 5.75 Å². The van der Waals surface area contributed by atoms with Gasteiger partial charge in [-0.3, -0.25) is 9.69 Å². The van der Waals surface area contributed by atoms with Crippen molar-refractivity contribution in [3.8, 4) is 11.1 Å². The molecule has 0 amide bonds. The molecular formula is C34H28F3NO5S. The molecule has 0 fully saturated rings. The number of carbonyl (C=O) groups is 1. The van der Waals surface area contributed by atoms with Gasteiger partial charge in [0.25, 0.3) is 0 Å². The van der Waals surface area contributed by atoms with Crippen LogP contribution in [0.25, 0.3) is 21.9 Å². The van der Waals surface area contributed by atoms with Crippen LogP contribution in [0.5, 0.6) is 0 Å². The van der Waals surface area contributed by atoms with Gasteiger partial charge in [-0.25, -0.2) is 8.42 Å². The van der Waals surface area contributed by atoms with Crippen molar-refractivity contribution >= 4 is 26.6 Å². The molecule has 1 atom stereocenters. The van der Waals surface area contributed by atoms with E-state index >= 15 is 0 Å². The summed E-state index contributed by atoms with van der Waals surface area (Å²) in [4.78, 5) is 13.1. The summed E-state index contributed by atoms with van der Waals surface area (Å²) in [5, 5.41) is 11.3. The number of aryl methyl sites for hydroxylation is 1. The molecule has 0 saturated carbocycles. The van der Waals surface area contributed by atoms with E-state index in [9.17, 15) is 26.4 Å². The minimum absolute atomic E-state index is 0.0659. The quantitative estimate of drug-likeness (QED) is 0.182. The molecule has 10 heteroatoms. The second-order valence-electron chi connectivity index (χ2n) is 11.0. The van der Waals surface area contributed by atoms with E-state index < -0.39 is 33.5 Å². The largest absolute Gasteiger partial charge is 0.480 e. The lowest BCUT2D eigenvalue weighted by molar-refractivity contribution is -0.153. The molecule has 1 unspecified atom stereocenters. The van der Waals surface area contributed by atoms with Crippen molar-refractivity contribution in [3.05, 3.63) is 125 Å². The molecule has 1 heterocycles. The Labute approximate surface area is 252 Å². The summed E-state index contributed by atoms with van der Waals surface area (Å²) in [7, 11) is -3.99. The van der Waals surface area contributed by atoms with Gasteiger partial charge in [0.05, 0.1) is 11.4 Å². The fraction of sp³-hybridized carbons (Fsp3) is 0.206. The van der Waals surface area contributed by atoms with Crippen LogP contribution in [0, 0.1) is 0 Å². The minimum Gasteiger partial charge on any atom is -0.480 e. The summed E-state index contributed by atoms with van der Waals surface area (Å²) in [6.45, 7) is 0.600. The Kier molecular flexibility index (Phi) is 7.81. The topological polar surface area (TPSA) is 87.8 Å². The van der Waals surface area contributed by atoms with Crippen LogP contribution in [-0.4, -0.2) is 30.1 Å². The van der Waals surface area contributed by atoms with Gasteiger partial charge in [-0.2, -0.15) is 13.2 Å². The molecule has 226 valence electrons. The zero-order chi connectivity index (χ0) is 31.1. The highest BCUT2D eigenvalue weighted by atomic mass is 32.2. The summed E-state index contributed by atoms with van der Waals surface area (Å²) < 4.78 is 70.1. The van der Waals surface area contributed by atoms with Gasteiger partial charge < -0.3 is 9.52 Å². The van der Waals surface area contributed by atoms with Crippen LogP contribution in [-0.2, 0) is 40.3 Å². The van der Waals surface area contributed by atoms with Gasteiger partial charge in [-0.1, -0.05) is 72.8 Å². The monoisotopic (exact) mass is 619 g/mol. The molecule has 0 spiro atoms. The Morgan fingerprint density at radius 3 is 2.32 bits per heavy atom. The van der Waals surface area contributed by atoms with E-state index in [1.54, 1.807) is 12.1 Å². The lowest BCUT2D eigenvalue weighted by Gasteiger charge is -2.35. The van der Waals surface area contributed by atoms with E-state index in [2.05, 4.69) is 29.2 Å². The molecule has 0 aliphatic heterocycles. The summed E-state index contributed by atoms with van der Waals surface area (Å²) in [6, 6.07) is 28.3. The summed E-state index contributed by atoms with van der Waals surface area (Å²) in [6.07, 6.45) is -2.95. The number of aliphatic carboxylic acids is 1. The van der Waals surface area contributed by atoms with Crippen LogP contribution in [0.3, 0.4) is 0 Å². The van der Waals surface area contributed by atoms with Crippen molar-refractivity contribution in [1.82, 2.24) is 4.90 Å². The Morgan fingerprint density at radius 1 is 0.886 bits per heavy atom. The van der Waals surface area contributed by atoms with Crippen molar-refractivity contribution in [2.24, 2.45) is 0 Å². The average Bonchev–Trinajstić information content (AvgIpc) is 3.47. The van der Waals surface area contributed by atoms with Crippen LogP contribution < -0.4 is 0 Å². The molecule has 1 N–H and O–H groups in total. The molecule has 44 heavy (non-hydrogen) atoms. The third-order valence-electron chi connectivity index (χ3n) is 7.99. The Balaban J connectivity index is 1.31. The molecule has 4 aromatic carbocycles. The molecule has 1 aromatic heterocycles. The fourth-order valence-corrected chi connectivity index (χ4v) is 7.09. The van der Waals surface area contributed by atoms with E-state index in [1.807, 2.05) is 36.4 Å². The predicted octanol–water partition coefficient (Wildman–Crippen LogP) is 7.67. The highest BCUT2D eigenvalue weighted by Gasteiger charge is 2.35. The lowest BCUT2D eigenvalue weighted by Crippen LogP contribution is -2.30. The van der Waals surface area contributed by atoms with Gasteiger partial charge in [0.1, 0.15) is 5.76 Å². The van der Waals surface area contributed by atoms with Crippen LogP contribution in [0.1, 0.15) is 40.7 Å². The summed E-state index contributed by atoms with van der Waals surface area (Å²) in [5.41, 5.74) is 4.65. The number of halogens is 3. The number of alkyl halides is 3. The first-order chi connectivity index (χ1) is 21.0. The second-order valence-corrected chi connectivity index (χ2v) is 13.0. The lowest BCUT2D eigenvalue weighted by atomic mass is 9.84. The zero-order valence-corrected chi connectivity index (χ0v) is 24.2. The first-order valence-corrected chi connectivity index (χ1v) is 15.7. The zero-order valence-electron chi connectivity index (χ0n) is 23.4. The molecule has 0 saturated heterocycles. The Bertz CT molecular complexity index is 1940. The number of benzene rings is 4. The van der Waals surface area contributed by atoms with Gasteiger partial charge in [0.15, 0.2) is 15.6 Å². The normalized spacial score (nSPS) is 15.1. The number of carboxylic acids is 1. The summed E-state index contributed by atoms with van der Waals surface area (Å²) in [5.74, 6) is -3.23. The number of hydrogen-bond acceptors (Lipinski definition) is 5. The van der Waals surface area contributed by atoms with Gasteiger partial charge in [0.2, 0.25) is 5.76 Å². The number of furan rings is 1. The SMILES string of the molecule is O=C(O)CS(=O)(=O)c1cccc(-c2ccc(CN(Cc3ccc(C(F)(F)F)o3)C3CCc4cccc5cccc3c45)cc2)c1. The van der Waals surface area contributed by atoms with Crippen LogP contribution in [0.15, 0.2) is 106 Å². The van der Waals surface area contributed by atoms with Crippen molar-refractivity contribution in [3.63, 3.8) is 0 Å². The van der Waals surface area contributed by atoms with Crippen LogP contribution >= 0.6 is 0 Å². The summed E-state index contributed by atoms with van der Waals surface area (Å²) >= 11 is 0. The van der Waals surface area contributed by atoms with Gasteiger partial charge in [-0.05, 0) is 75.7 Å². The van der Waals surface area contributed by atoms with Crippen molar-refractivity contribution in [2.45, 2.75) is 43.0 Å². The number of nitrogens with zero attached hydrogens (tertiary/aromatic N) is 1. The maximum absolute atomic E-state index is 13.3. The Hall–Kier alpha value is -4.41. The number of carboxylic acid groups (broad SMARTS) is 1. The van der Waals surface area contributed by atoms with E-state index in [-0.39, 0.29) is 23.2 Å². The van der Waals surface area contributed by atoms with E-state index in [0.29, 0.717) is 12.1 Å². The van der Waals surface area contributed by atoms with E-state index in [1.165, 1.54) is 29.1 Å². The van der Waals surface area contributed by atoms with Crippen LogP contribution in [0.4, 0.5) is 13.2 Å². The highest BCUT2D eigenvalue weighted by Crippen LogP contribution is 2.40. The molecule has 0 radical (unpaired) electrons. The third kappa shape index (κ3) is 6.13. The molecule has 1 aliphatic rings. The molecular weight excluding hydrogens is 591 g/mol. The smallest absolute Gasteiger partial charge is 0.449 e. The maximum Gasteiger partial charge on any atom is 0.449 e. The molecule has 6 nitrogen and oxygen atoms in total. The van der Waals surface area contributed by atoms with Crippen molar-refractivity contribution in [1.29, 1.82) is 0 Å². The van der Waals surface area contributed by atoms with E-state index in [4.69, 9.17) is 9.52 Å². The number of hydrogen-bond donors (Lipinski definition) is 1. The first-order valence-electron chi connectivity index (χ1n) is 14.0. The molecule has 1 aliphatic carbocycles. The predicted molar refractivity (Wildman–Crippen MR) is 160 cm³/mol. The van der Waals surface area contributed by atoms with Gasteiger partial charge >= 0.3 is 12.1 Å². The minimum atomic E-state index is -4.57. The Morgan fingerprint density at radius 2 is 1.61 bits per heavy atom. The third-order valence-corrected chi connectivity index (χ3v) is 9.59. The van der Waals surface area contributed by atoms with Crippen LogP contribution in [0.2, 0.25) is 0 Å². The van der Waals surface area contributed by atoms with Crippen molar-refractivity contribution < 1.29 is 35.9 Å². The molecule has 6 rings (SSSR count). The van der Waals surface area contributed by atoms with Gasteiger partial charge in [0, 0.05) is 12.6 Å². The maximum atomic E-state index is 13.3. The highest BCUT2D eigenvalue weighted by molar-refractivity contribution is 7.92. The second kappa shape index (κ2) is 11.6. The number of sulfone groups is 1. The first kappa shape index (κ1) is 29.7. The molecule has 5 aromatic rings. The standard InChI is InChI=1S/C34H28F3NO5S/c35-34(36,37)31-17-15-27(43-31)20-38(30-16-14-25-5-1-4-24-6-3-9-29(30)33(24)25)19-22-10-12-23(13-11-22)26-7-2-8-28(18-26)44(41,42)21-32(39)40/h1-13,15,17-18,30H,14,16,19-21H2,(H,39,40).